The molecule has 1 N–H and O–H groups in total. The molecule has 1 heterocycles. The summed E-state index contributed by atoms with van der Waals surface area (Å²) in [6, 6.07) is 18.9. The smallest absolute Gasteiger partial charge is 0.175 e. The molecule has 4 rings (SSSR count). The van der Waals surface area contributed by atoms with Gasteiger partial charge in [0.05, 0.1) is 27.9 Å². The predicted octanol–water partition coefficient (Wildman–Crippen LogP) is 7.44. The summed E-state index contributed by atoms with van der Waals surface area (Å²) in [4.78, 5) is 4.77. The Hall–Kier alpha value is -2.57. The zero-order valence-electron chi connectivity index (χ0n) is 18.0. The number of rotatable bonds is 7. The zero-order valence-corrected chi connectivity index (χ0v) is 20.4. The standard InChI is InChI=1S/C25H25BrN2O2S/c1-15(2)30-24-20(26)12-17(13-22(24)29-4)14-27-19-8-6-18(7-9-19)25-28-21-10-5-16(3)11-23(21)31-25/h5-13,15,27H,14H2,1-4H3. The van der Waals surface area contributed by atoms with Gasteiger partial charge in [0, 0.05) is 17.8 Å². The van der Waals surface area contributed by atoms with Gasteiger partial charge < -0.3 is 14.8 Å². The number of methoxy groups -OCH3 is 1. The number of hydrogen-bond acceptors (Lipinski definition) is 5. The molecule has 0 aliphatic rings. The molecule has 1 aromatic heterocycles. The van der Waals surface area contributed by atoms with Crippen LogP contribution in [-0.2, 0) is 6.54 Å². The second-order valence-electron chi connectivity index (χ2n) is 7.70. The molecule has 3 aromatic carbocycles. The highest BCUT2D eigenvalue weighted by Crippen LogP contribution is 2.37. The van der Waals surface area contributed by atoms with E-state index in [9.17, 15) is 0 Å². The molecule has 0 atom stereocenters. The van der Waals surface area contributed by atoms with E-state index in [1.54, 1.807) is 18.4 Å². The number of thiazole rings is 1. The summed E-state index contributed by atoms with van der Waals surface area (Å²) in [6.07, 6.45) is 0.0761. The van der Waals surface area contributed by atoms with E-state index in [1.807, 2.05) is 19.9 Å². The number of aryl methyl sites for hydroxylation is 1. The topological polar surface area (TPSA) is 43.4 Å². The van der Waals surface area contributed by atoms with Gasteiger partial charge in [0.15, 0.2) is 11.5 Å². The van der Waals surface area contributed by atoms with E-state index in [1.165, 1.54) is 10.3 Å². The lowest BCUT2D eigenvalue weighted by Gasteiger charge is -2.17. The molecule has 31 heavy (non-hydrogen) atoms. The summed E-state index contributed by atoms with van der Waals surface area (Å²) in [5, 5.41) is 4.52. The number of anilines is 1. The van der Waals surface area contributed by atoms with E-state index in [4.69, 9.17) is 14.5 Å². The minimum absolute atomic E-state index is 0.0761. The molecule has 0 amide bonds. The van der Waals surface area contributed by atoms with Crippen LogP contribution in [0.1, 0.15) is 25.0 Å². The molecule has 0 bridgehead atoms. The molecule has 4 aromatic rings. The van der Waals surface area contributed by atoms with Crippen LogP contribution in [0.4, 0.5) is 5.69 Å². The molecule has 6 heteroatoms. The highest BCUT2D eigenvalue weighted by molar-refractivity contribution is 9.10. The lowest BCUT2D eigenvalue weighted by Crippen LogP contribution is -2.08. The van der Waals surface area contributed by atoms with Gasteiger partial charge in [-0.25, -0.2) is 4.98 Å². The van der Waals surface area contributed by atoms with Crippen LogP contribution in [0.15, 0.2) is 59.1 Å². The van der Waals surface area contributed by atoms with Crippen molar-refractivity contribution in [2.24, 2.45) is 0 Å². The fourth-order valence-corrected chi connectivity index (χ4v) is 4.97. The Bertz CT molecular complexity index is 1200. The fraction of sp³-hybridized carbons (Fsp3) is 0.240. The van der Waals surface area contributed by atoms with Gasteiger partial charge >= 0.3 is 0 Å². The lowest BCUT2D eigenvalue weighted by molar-refractivity contribution is 0.228. The third-order valence-corrected chi connectivity index (χ3v) is 6.47. The minimum Gasteiger partial charge on any atom is -0.493 e. The Morgan fingerprint density at radius 2 is 1.84 bits per heavy atom. The van der Waals surface area contributed by atoms with Gasteiger partial charge in [-0.15, -0.1) is 11.3 Å². The first-order chi connectivity index (χ1) is 14.9. The number of ether oxygens (including phenoxy) is 2. The van der Waals surface area contributed by atoms with Crippen molar-refractivity contribution in [2.45, 2.75) is 33.4 Å². The molecule has 0 radical (unpaired) electrons. The first-order valence-corrected chi connectivity index (χ1v) is 11.8. The first-order valence-electron chi connectivity index (χ1n) is 10.2. The van der Waals surface area contributed by atoms with Crippen LogP contribution in [0.25, 0.3) is 20.8 Å². The lowest BCUT2D eigenvalue weighted by atomic mass is 10.1. The maximum Gasteiger partial charge on any atom is 0.175 e. The van der Waals surface area contributed by atoms with Crippen LogP contribution in [0.2, 0.25) is 0 Å². The maximum atomic E-state index is 5.87. The Morgan fingerprint density at radius 1 is 1.06 bits per heavy atom. The number of aromatic nitrogens is 1. The Kier molecular flexibility index (Phi) is 6.49. The van der Waals surface area contributed by atoms with Crippen molar-refractivity contribution in [3.63, 3.8) is 0 Å². The van der Waals surface area contributed by atoms with Crippen LogP contribution >= 0.6 is 27.3 Å². The van der Waals surface area contributed by atoms with E-state index < -0.39 is 0 Å². The highest BCUT2D eigenvalue weighted by atomic mass is 79.9. The SMILES string of the molecule is COc1cc(CNc2ccc(-c3nc4ccc(C)cc4s3)cc2)cc(Br)c1OC(C)C. The van der Waals surface area contributed by atoms with E-state index in [0.29, 0.717) is 6.54 Å². The normalized spacial score (nSPS) is 11.2. The quantitative estimate of drug-likeness (QED) is 0.288. The molecule has 4 nitrogen and oxygen atoms in total. The third-order valence-electron chi connectivity index (χ3n) is 4.82. The second-order valence-corrected chi connectivity index (χ2v) is 9.58. The Morgan fingerprint density at radius 3 is 2.55 bits per heavy atom. The van der Waals surface area contributed by atoms with Crippen molar-refractivity contribution in [3.05, 3.63) is 70.2 Å². The number of nitrogens with zero attached hydrogens (tertiary/aromatic N) is 1. The first kappa shape index (κ1) is 21.7. The van der Waals surface area contributed by atoms with Crippen molar-refractivity contribution >= 4 is 43.2 Å². The van der Waals surface area contributed by atoms with Gasteiger partial charge in [-0.3, -0.25) is 0 Å². The molecule has 0 unspecified atom stereocenters. The van der Waals surface area contributed by atoms with Gasteiger partial charge in [0.2, 0.25) is 0 Å². The average molecular weight is 497 g/mol. The summed E-state index contributed by atoms with van der Waals surface area (Å²) >= 11 is 5.34. The highest BCUT2D eigenvalue weighted by Gasteiger charge is 2.13. The van der Waals surface area contributed by atoms with E-state index in [0.717, 1.165) is 43.3 Å². The van der Waals surface area contributed by atoms with E-state index >= 15 is 0 Å². The van der Waals surface area contributed by atoms with E-state index in [2.05, 4.69) is 76.7 Å². The summed E-state index contributed by atoms with van der Waals surface area (Å²) < 4.78 is 13.5. The summed E-state index contributed by atoms with van der Waals surface area (Å²) in [5.41, 5.74) is 5.60. The Labute approximate surface area is 195 Å². The van der Waals surface area contributed by atoms with Crippen molar-refractivity contribution in [1.82, 2.24) is 4.98 Å². The maximum absolute atomic E-state index is 5.87. The summed E-state index contributed by atoms with van der Waals surface area (Å²) in [5.74, 6) is 1.46. The van der Waals surface area contributed by atoms with Crippen LogP contribution in [0.3, 0.4) is 0 Å². The number of fused-ring (bicyclic) bond motifs is 1. The molecule has 160 valence electrons. The predicted molar refractivity (Wildman–Crippen MR) is 134 cm³/mol. The largest absolute Gasteiger partial charge is 0.493 e. The number of hydrogen-bond donors (Lipinski definition) is 1. The Balaban J connectivity index is 1.47. The van der Waals surface area contributed by atoms with Gasteiger partial charge in [0.25, 0.3) is 0 Å². The van der Waals surface area contributed by atoms with Gasteiger partial charge in [-0.1, -0.05) is 6.07 Å². The summed E-state index contributed by atoms with van der Waals surface area (Å²) in [6.45, 7) is 6.79. The number of halogens is 1. The number of benzene rings is 3. The molecule has 0 spiro atoms. The molecular formula is C25H25BrN2O2S. The molecule has 0 aliphatic carbocycles. The van der Waals surface area contributed by atoms with Crippen LogP contribution in [0, 0.1) is 6.92 Å². The monoisotopic (exact) mass is 496 g/mol. The summed E-state index contributed by atoms with van der Waals surface area (Å²) in [7, 11) is 1.66. The molecule has 0 aliphatic heterocycles. The molecule has 0 fully saturated rings. The average Bonchev–Trinajstić information content (AvgIpc) is 3.17. The zero-order chi connectivity index (χ0) is 22.0. The number of nitrogens with one attached hydrogen (secondary N) is 1. The van der Waals surface area contributed by atoms with Crippen LogP contribution < -0.4 is 14.8 Å². The molecular weight excluding hydrogens is 472 g/mol. The van der Waals surface area contributed by atoms with Gasteiger partial charge in [-0.05, 0) is 96.4 Å². The second kappa shape index (κ2) is 9.28. The molecule has 0 saturated carbocycles. The van der Waals surface area contributed by atoms with Crippen molar-refractivity contribution in [1.29, 1.82) is 0 Å². The van der Waals surface area contributed by atoms with Crippen molar-refractivity contribution in [2.75, 3.05) is 12.4 Å². The van der Waals surface area contributed by atoms with Gasteiger partial charge in [-0.2, -0.15) is 0 Å². The van der Waals surface area contributed by atoms with Crippen LogP contribution in [-0.4, -0.2) is 18.2 Å². The third kappa shape index (κ3) is 5.02. The minimum atomic E-state index is 0.0761. The van der Waals surface area contributed by atoms with Gasteiger partial charge in [0.1, 0.15) is 5.01 Å². The fourth-order valence-electron chi connectivity index (χ4n) is 3.32. The van der Waals surface area contributed by atoms with Crippen LogP contribution in [0.5, 0.6) is 11.5 Å². The van der Waals surface area contributed by atoms with Crippen molar-refractivity contribution < 1.29 is 9.47 Å². The van der Waals surface area contributed by atoms with Crippen molar-refractivity contribution in [3.8, 4) is 22.1 Å². The van der Waals surface area contributed by atoms with E-state index in [-0.39, 0.29) is 6.10 Å². The molecule has 0 saturated heterocycles.